The highest BCUT2D eigenvalue weighted by atomic mass is 16.5. The quantitative estimate of drug-likeness (QED) is 0.591. The fourth-order valence-electron chi connectivity index (χ4n) is 1.71. The molecule has 0 saturated heterocycles. The second kappa shape index (κ2) is 6.42. The number of benzene rings is 2. The SMILES string of the molecule is COc1ccccc1C=NNC(=O)c1ccc(O)cc1O. The van der Waals surface area contributed by atoms with E-state index in [1.807, 2.05) is 12.1 Å². The summed E-state index contributed by atoms with van der Waals surface area (Å²) in [7, 11) is 1.54. The number of amides is 1. The Bertz CT molecular complexity index is 683. The smallest absolute Gasteiger partial charge is 0.275 e. The zero-order valence-electron chi connectivity index (χ0n) is 11.3. The number of methoxy groups -OCH3 is 1. The van der Waals surface area contributed by atoms with Crippen molar-refractivity contribution in [3.8, 4) is 17.2 Å². The van der Waals surface area contributed by atoms with E-state index in [-0.39, 0.29) is 17.1 Å². The first kappa shape index (κ1) is 14.4. The number of nitrogens with one attached hydrogen (secondary N) is 1. The maximum absolute atomic E-state index is 11.8. The molecular formula is C15H14N2O4. The molecule has 0 unspecified atom stereocenters. The van der Waals surface area contributed by atoms with Crippen LogP contribution in [0.2, 0.25) is 0 Å². The van der Waals surface area contributed by atoms with Gasteiger partial charge in [0.2, 0.25) is 0 Å². The summed E-state index contributed by atoms with van der Waals surface area (Å²) in [5, 5.41) is 22.5. The Kier molecular flexibility index (Phi) is 4.40. The van der Waals surface area contributed by atoms with E-state index >= 15 is 0 Å². The van der Waals surface area contributed by atoms with E-state index in [1.165, 1.54) is 18.3 Å². The minimum Gasteiger partial charge on any atom is -0.508 e. The summed E-state index contributed by atoms with van der Waals surface area (Å²) >= 11 is 0. The highest BCUT2D eigenvalue weighted by molar-refractivity contribution is 5.97. The van der Waals surface area contributed by atoms with E-state index in [9.17, 15) is 9.90 Å². The van der Waals surface area contributed by atoms with Gasteiger partial charge in [-0.1, -0.05) is 12.1 Å². The van der Waals surface area contributed by atoms with Crippen molar-refractivity contribution in [2.24, 2.45) is 5.10 Å². The molecule has 0 aliphatic carbocycles. The number of carbonyl (C=O) groups excluding carboxylic acids is 1. The standard InChI is InChI=1S/C15H14N2O4/c1-21-14-5-3-2-4-10(14)9-16-17-15(20)12-7-6-11(18)8-13(12)19/h2-9,18-19H,1H3,(H,17,20). The van der Waals surface area contributed by atoms with Gasteiger partial charge in [-0.25, -0.2) is 5.43 Å². The molecule has 2 rings (SSSR count). The average Bonchev–Trinajstić information content (AvgIpc) is 2.47. The van der Waals surface area contributed by atoms with Gasteiger partial charge in [0.15, 0.2) is 0 Å². The molecule has 2 aromatic carbocycles. The van der Waals surface area contributed by atoms with Gasteiger partial charge in [0, 0.05) is 11.6 Å². The molecule has 0 radical (unpaired) electrons. The highest BCUT2D eigenvalue weighted by Crippen LogP contribution is 2.22. The zero-order chi connectivity index (χ0) is 15.2. The Morgan fingerprint density at radius 1 is 1.24 bits per heavy atom. The van der Waals surface area contributed by atoms with Gasteiger partial charge < -0.3 is 14.9 Å². The first-order valence-electron chi connectivity index (χ1n) is 6.10. The third-order valence-corrected chi connectivity index (χ3v) is 2.73. The summed E-state index contributed by atoms with van der Waals surface area (Å²) < 4.78 is 5.15. The van der Waals surface area contributed by atoms with Crippen LogP contribution in [0.3, 0.4) is 0 Å². The third kappa shape index (κ3) is 3.50. The molecule has 2 aromatic rings. The van der Waals surface area contributed by atoms with Gasteiger partial charge in [-0.2, -0.15) is 5.10 Å². The monoisotopic (exact) mass is 286 g/mol. The first-order valence-corrected chi connectivity index (χ1v) is 6.10. The average molecular weight is 286 g/mol. The van der Waals surface area contributed by atoms with Crippen molar-refractivity contribution in [3.63, 3.8) is 0 Å². The second-order valence-electron chi connectivity index (χ2n) is 4.14. The molecular weight excluding hydrogens is 272 g/mol. The van der Waals surface area contributed by atoms with Crippen molar-refractivity contribution in [3.05, 3.63) is 53.6 Å². The zero-order valence-corrected chi connectivity index (χ0v) is 11.3. The minimum absolute atomic E-state index is 0.0185. The van der Waals surface area contributed by atoms with Gasteiger partial charge in [-0.15, -0.1) is 0 Å². The van der Waals surface area contributed by atoms with E-state index in [4.69, 9.17) is 9.84 Å². The minimum atomic E-state index is -0.585. The van der Waals surface area contributed by atoms with Crippen molar-refractivity contribution in [1.29, 1.82) is 0 Å². The first-order chi connectivity index (χ1) is 10.1. The number of phenolic OH excluding ortho intramolecular Hbond substituents is 2. The molecule has 0 heterocycles. The Balaban J connectivity index is 2.08. The van der Waals surface area contributed by atoms with E-state index < -0.39 is 5.91 Å². The lowest BCUT2D eigenvalue weighted by Gasteiger charge is -2.04. The van der Waals surface area contributed by atoms with Gasteiger partial charge >= 0.3 is 0 Å². The molecule has 6 nitrogen and oxygen atoms in total. The van der Waals surface area contributed by atoms with Crippen LogP contribution < -0.4 is 10.2 Å². The van der Waals surface area contributed by atoms with E-state index in [2.05, 4.69) is 10.5 Å². The molecule has 0 bridgehead atoms. The molecule has 0 saturated carbocycles. The highest BCUT2D eigenvalue weighted by Gasteiger charge is 2.10. The number of hydrogen-bond acceptors (Lipinski definition) is 5. The van der Waals surface area contributed by atoms with Crippen molar-refractivity contribution in [2.75, 3.05) is 7.11 Å². The molecule has 1 amide bonds. The van der Waals surface area contributed by atoms with Crippen LogP contribution in [0.5, 0.6) is 17.2 Å². The number of ether oxygens (including phenoxy) is 1. The Labute approximate surface area is 121 Å². The van der Waals surface area contributed by atoms with Crippen LogP contribution in [-0.2, 0) is 0 Å². The summed E-state index contributed by atoms with van der Waals surface area (Å²) in [5.41, 5.74) is 3.01. The number of aromatic hydroxyl groups is 2. The third-order valence-electron chi connectivity index (χ3n) is 2.73. The van der Waals surface area contributed by atoms with Crippen LogP contribution in [-0.4, -0.2) is 29.4 Å². The van der Waals surface area contributed by atoms with Crippen molar-refractivity contribution in [2.45, 2.75) is 0 Å². The van der Waals surface area contributed by atoms with Crippen LogP contribution in [0.25, 0.3) is 0 Å². The summed E-state index contributed by atoms with van der Waals surface area (Å²) in [4.78, 5) is 11.8. The molecule has 0 fully saturated rings. The number of para-hydroxylation sites is 1. The normalized spacial score (nSPS) is 10.5. The number of rotatable bonds is 4. The van der Waals surface area contributed by atoms with Gasteiger partial charge in [0.25, 0.3) is 5.91 Å². The van der Waals surface area contributed by atoms with Crippen LogP contribution in [0.1, 0.15) is 15.9 Å². The molecule has 21 heavy (non-hydrogen) atoms. The molecule has 0 aromatic heterocycles. The number of hydrazone groups is 1. The molecule has 108 valence electrons. The lowest BCUT2D eigenvalue weighted by Crippen LogP contribution is -2.17. The second-order valence-corrected chi connectivity index (χ2v) is 4.14. The van der Waals surface area contributed by atoms with Crippen LogP contribution in [0, 0.1) is 0 Å². The molecule has 0 aliphatic heterocycles. The predicted molar refractivity (Wildman–Crippen MR) is 77.8 cm³/mol. The molecule has 6 heteroatoms. The summed E-state index contributed by atoms with van der Waals surface area (Å²) in [5.74, 6) is -0.400. The maximum Gasteiger partial charge on any atom is 0.275 e. The fraction of sp³-hybridized carbons (Fsp3) is 0.0667. The predicted octanol–water partition coefficient (Wildman–Crippen LogP) is 1.87. The van der Waals surface area contributed by atoms with Crippen molar-refractivity contribution in [1.82, 2.24) is 5.43 Å². The Morgan fingerprint density at radius 2 is 2.00 bits per heavy atom. The van der Waals surface area contributed by atoms with E-state index in [0.29, 0.717) is 11.3 Å². The summed E-state index contributed by atoms with van der Waals surface area (Å²) in [6.07, 6.45) is 1.44. The fourth-order valence-corrected chi connectivity index (χ4v) is 1.71. The van der Waals surface area contributed by atoms with Gasteiger partial charge in [0.1, 0.15) is 17.2 Å². The lowest BCUT2D eigenvalue weighted by molar-refractivity contribution is 0.0952. The van der Waals surface area contributed by atoms with Gasteiger partial charge in [-0.3, -0.25) is 4.79 Å². The van der Waals surface area contributed by atoms with Gasteiger partial charge in [0.05, 0.1) is 18.9 Å². The molecule has 0 spiro atoms. The van der Waals surface area contributed by atoms with Crippen molar-refractivity contribution >= 4 is 12.1 Å². The molecule has 0 aliphatic rings. The van der Waals surface area contributed by atoms with Crippen LogP contribution in [0.4, 0.5) is 0 Å². The van der Waals surface area contributed by atoms with Crippen LogP contribution in [0.15, 0.2) is 47.6 Å². The summed E-state index contributed by atoms with van der Waals surface area (Å²) in [6, 6.07) is 10.9. The Morgan fingerprint density at radius 3 is 2.71 bits per heavy atom. The molecule has 0 atom stereocenters. The van der Waals surface area contributed by atoms with Crippen LogP contribution >= 0.6 is 0 Å². The van der Waals surface area contributed by atoms with E-state index in [1.54, 1.807) is 19.2 Å². The van der Waals surface area contributed by atoms with E-state index in [0.717, 1.165) is 6.07 Å². The van der Waals surface area contributed by atoms with Gasteiger partial charge in [-0.05, 0) is 24.3 Å². The number of hydrogen-bond donors (Lipinski definition) is 3. The number of phenols is 2. The van der Waals surface area contributed by atoms with Crippen molar-refractivity contribution < 1.29 is 19.7 Å². The Hall–Kier alpha value is -3.02. The summed E-state index contributed by atoms with van der Waals surface area (Å²) in [6.45, 7) is 0. The maximum atomic E-state index is 11.8. The topological polar surface area (TPSA) is 91.2 Å². The number of nitrogens with zero attached hydrogens (tertiary/aromatic N) is 1. The lowest BCUT2D eigenvalue weighted by atomic mass is 10.2. The largest absolute Gasteiger partial charge is 0.508 e. The number of carbonyl (C=O) groups is 1. The molecule has 3 N–H and O–H groups in total.